The standard InChI is InChI=1S/C19H20N4O/c1-14-6-2-4-8-16(14)23-17-9-5-3-7-15(17)21-18(19(23)24)22-12-10-20-11-13-22/h2-9,20H,10-13H2,1H3. The van der Waals surface area contributed by atoms with E-state index in [1.54, 1.807) is 4.57 Å². The molecule has 0 radical (unpaired) electrons. The van der Waals surface area contributed by atoms with Crippen molar-refractivity contribution in [2.45, 2.75) is 6.92 Å². The second kappa shape index (κ2) is 6.09. The van der Waals surface area contributed by atoms with Crippen molar-refractivity contribution in [3.8, 4) is 5.69 Å². The van der Waals surface area contributed by atoms with Crippen LogP contribution in [0.25, 0.3) is 16.7 Å². The van der Waals surface area contributed by atoms with Crippen molar-refractivity contribution in [1.82, 2.24) is 14.9 Å². The molecule has 1 fully saturated rings. The molecule has 1 N–H and O–H groups in total. The number of nitrogens with one attached hydrogen (secondary N) is 1. The molecule has 0 spiro atoms. The Morgan fingerprint density at radius 3 is 2.50 bits per heavy atom. The van der Waals surface area contributed by atoms with Crippen LogP contribution in [0, 0.1) is 6.92 Å². The van der Waals surface area contributed by atoms with Crippen LogP contribution in [0.3, 0.4) is 0 Å². The van der Waals surface area contributed by atoms with Crippen molar-refractivity contribution in [1.29, 1.82) is 0 Å². The summed E-state index contributed by atoms with van der Waals surface area (Å²) in [6.45, 7) is 5.38. The highest BCUT2D eigenvalue weighted by Gasteiger charge is 2.19. The molecule has 0 saturated carbocycles. The number of aryl methyl sites for hydroxylation is 1. The Kier molecular flexibility index (Phi) is 3.78. The first kappa shape index (κ1) is 14.9. The molecule has 0 aliphatic carbocycles. The van der Waals surface area contributed by atoms with Crippen molar-refractivity contribution >= 4 is 16.9 Å². The summed E-state index contributed by atoms with van der Waals surface area (Å²) in [5.41, 5.74) is 3.62. The minimum absolute atomic E-state index is 0.0510. The maximum Gasteiger partial charge on any atom is 0.298 e. The van der Waals surface area contributed by atoms with Gasteiger partial charge in [0.25, 0.3) is 5.56 Å². The number of nitrogens with zero attached hydrogens (tertiary/aromatic N) is 3. The van der Waals surface area contributed by atoms with E-state index < -0.39 is 0 Å². The third kappa shape index (κ3) is 2.47. The van der Waals surface area contributed by atoms with Gasteiger partial charge in [-0.05, 0) is 30.7 Å². The van der Waals surface area contributed by atoms with Gasteiger partial charge in [-0.3, -0.25) is 9.36 Å². The molecule has 0 bridgehead atoms. The first-order valence-electron chi connectivity index (χ1n) is 8.29. The van der Waals surface area contributed by atoms with Crippen LogP contribution in [0.2, 0.25) is 0 Å². The molecule has 1 aromatic heterocycles. The van der Waals surface area contributed by atoms with E-state index in [4.69, 9.17) is 0 Å². The monoisotopic (exact) mass is 320 g/mol. The number of para-hydroxylation sites is 3. The highest BCUT2D eigenvalue weighted by molar-refractivity contribution is 5.78. The summed E-state index contributed by atoms with van der Waals surface area (Å²) in [5.74, 6) is 0.540. The summed E-state index contributed by atoms with van der Waals surface area (Å²) in [5, 5.41) is 3.32. The third-order valence-electron chi connectivity index (χ3n) is 4.52. The smallest absolute Gasteiger partial charge is 0.298 e. The molecule has 5 heteroatoms. The molecule has 24 heavy (non-hydrogen) atoms. The molecule has 3 aromatic rings. The van der Waals surface area contributed by atoms with E-state index in [1.807, 2.05) is 55.5 Å². The fraction of sp³-hybridized carbons (Fsp3) is 0.263. The predicted molar refractivity (Wildman–Crippen MR) is 97.2 cm³/mol. The highest BCUT2D eigenvalue weighted by atomic mass is 16.1. The number of hydrogen-bond acceptors (Lipinski definition) is 4. The van der Waals surface area contributed by atoms with Crippen LogP contribution >= 0.6 is 0 Å². The first-order chi connectivity index (χ1) is 11.8. The van der Waals surface area contributed by atoms with Crippen LogP contribution in [0.15, 0.2) is 53.3 Å². The van der Waals surface area contributed by atoms with Crippen LogP contribution in [-0.4, -0.2) is 35.7 Å². The Balaban J connectivity index is 2.02. The number of hydrogen-bond donors (Lipinski definition) is 1. The summed E-state index contributed by atoms with van der Waals surface area (Å²) in [4.78, 5) is 20.0. The van der Waals surface area contributed by atoms with Gasteiger partial charge in [0.1, 0.15) is 0 Å². The molecule has 2 heterocycles. The lowest BCUT2D eigenvalue weighted by Gasteiger charge is -2.28. The Morgan fingerprint density at radius 2 is 1.71 bits per heavy atom. The van der Waals surface area contributed by atoms with Crippen LogP contribution in [0.5, 0.6) is 0 Å². The molecule has 2 aromatic carbocycles. The van der Waals surface area contributed by atoms with Gasteiger partial charge in [0.15, 0.2) is 5.82 Å². The van der Waals surface area contributed by atoms with Crippen LogP contribution in [0.1, 0.15) is 5.56 Å². The Labute approximate surface area is 140 Å². The average molecular weight is 320 g/mol. The van der Waals surface area contributed by atoms with Crippen molar-refractivity contribution < 1.29 is 0 Å². The molecule has 0 amide bonds. The lowest BCUT2D eigenvalue weighted by molar-refractivity contribution is 0.583. The molecule has 0 atom stereocenters. The zero-order chi connectivity index (χ0) is 16.5. The van der Waals surface area contributed by atoms with E-state index in [0.29, 0.717) is 5.82 Å². The molecule has 1 aliphatic rings. The lowest BCUT2D eigenvalue weighted by atomic mass is 10.2. The van der Waals surface area contributed by atoms with Crippen LogP contribution in [-0.2, 0) is 0 Å². The van der Waals surface area contributed by atoms with Gasteiger partial charge in [0.05, 0.1) is 16.7 Å². The summed E-state index contributed by atoms with van der Waals surface area (Å²) < 4.78 is 1.80. The fourth-order valence-corrected chi connectivity index (χ4v) is 3.26. The highest BCUT2D eigenvalue weighted by Crippen LogP contribution is 2.20. The van der Waals surface area contributed by atoms with Crippen molar-refractivity contribution in [3.05, 3.63) is 64.4 Å². The SMILES string of the molecule is Cc1ccccc1-n1c(=O)c(N2CCNCC2)nc2ccccc21. The number of benzene rings is 2. The summed E-state index contributed by atoms with van der Waals surface area (Å²) in [6, 6.07) is 15.8. The lowest BCUT2D eigenvalue weighted by Crippen LogP contribution is -2.46. The van der Waals surface area contributed by atoms with Crippen molar-refractivity contribution in [2.24, 2.45) is 0 Å². The molecular weight excluding hydrogens is 300 g/mol. The van der Waals surface area contributed by atoms with Crippen molar-refractivity contribution in [2.75, 3.05) is 31.1 Å². The van der Waals surface area contributed by atoms with E-state index in [1.165, 1.54) is 0 Å². The van der Waals surface area contributed by atoms with Gasteiger partial charge >= 0.3 is 0 Å². The van der Waals surface area contributed by atoms with Gasteiger partial charge in [-0.15, -0.1) is 0 Å². The second-order valence-corrected chi connectivity index (χ2v) is 6.09. The van der Waals surface area contributed by atoms with Gasteiger partial charge in [0, 0.05) is 26.2 Å². The zero-order valence-corrected chi connectivity index (χ0v) is 13.7. The van der Waals surface area contributed by atoms with E-state index in [0.717, 1.165) is 48.5 Å². The third-order valence-corrected chi connectivity index (χ3v) is 4.52. The second-order valence-electron chi connectivity index (χ2n) is 6.09. The van der Waals surface area contributed by atoms with Crippen molar-refractivity contribution in [3.63, 3.8) is 0 Å². The molecule has 0 unspecified atom stereocenters. The minimum Gasteiger partial charge on any atom is -0.349 e. The normalized spacial score (nSPS) is 15.0. The topological polar surface area (TPSA) is 50.2 Å². The number of fused-ring (bicyclic) bond motifs is 1. The average Bonchev–Trinajstić information content (AvgIpc) is 2.63. The first-order valence-corrected chi connectivity index (χ1v) is 8.29. The molecule has 4 rings (SSSR count). The number of rotatable bonds is 2. The number of piperazine rings is 1. The summed E-state index contributed by atoms with van der Waals surface area (Å²) in [6.07, 6.45) is 0. The van der Waals surface area contributed by atoms with E-state index in [-0.39, 0.29) is 5.56 Å². The molecule has 1 aliphatic heterocycles. The van der Waals surface area contributed by atoms with Gasteiger partial charge in [-0.1, -0.05) is 30.3 Å². The van der Waals surface area contributed by atoms with E-state index >= 15 is 0 Å². The maximum atomic E-state index is 13.3. The molecule has 5 nitrogen and oxygen atoms in total. The molecular formula is C19H20N4O. The largest absolute Gasteiger partial charge is 0.349 e. The van der Waals surface area contributed by atoms with Gasteiger partial charge < -0.3 is 10.2 Å². The van der Waals surface area contributed by atoms with Gasteiger partial charge in [-0.25, -0.2) is 4.98 Å². The zero-order valence-electron chi connectivity index (χ0n) is 13.7. The Hall–Kier alpha value is -2.66. The number of anilines is 1. The van der Waals surface area contributed by atoms with E-state index in [2.05, 4.69) is 15.2 Å². The summed E-state index contributed by atoms with van der Waals surface area (Å²) >= 11 is 0. The predicted octanol–water partition coefficient (Wildman–Crippen LogP) is 2.10. The van der Waals surface area contributed by atoms with Gasteiger partial charge in [0.2, 0.25) is 0 Å². The van der Waals surface area contributed by atoms with Crippen LogP contribution < -0.4 is 15.8 Å². The molecule has 122 valence electrons. The van der Waals surface area contributed by atoms with E-state index in [9.17, 15) is 4.79 Å². The Morgan fingerprint density at radius 1 is 1.00 bits per heavy atom. The van der Waals surface area contributed by atoms with Gasteiger partial charge in [-0.2, -0.15) is 0 Å². The maximum absolute atomic E-state index is 13.3. The number of aromatic nitrogens is 2. The summed E-state index contributed by atoms with van der Waals surface area (Å²) in [7, 11) is 0. The van der Waals surface area contributed by atoms with Crippen LogP contribution in [0.4, 0.5) is 5.82 Å². The minimum atomic E-state index is -0.0510. The quantitative estimate of drug-likeness (QED) is 0.786. The fourth-order valence-electron chi connectivity index (χ4n) is 3.26. The molecule has 1 saturated heterocycles. The Bertz CT molecular complexity index is 941.